The lowest BCUT2D eigenvalue weighted by Gasteiger charge is -2.27. The van der Waals surface area contributed by atoms with E-state index in [2.05, 4.69) is 0 Å². The number of methoxy groups -OCH3 is 4. The van der Waals surface area contributed by atoms with Crippen molar-refractivity contribution in [3.63, 3.8) is 0 Å². The van der Waals surface area contributed by atoms with Crippen molar-refractivity contribution in [2.75, 3.05) is 35.0 Å². The highest BCUT2D eigenvalue weighted by atomic mass is 16.5. The van der Waals surface area contributed by atoms with Gasteiger partial charge in [-0.1, -0.05) is 6.07 Å². The van der Waals surface area contributed by atoms with E-state index in [4.69, 9.17) is 23.7 Å². The van der Waals surface area contributed by atoms with Crippen LogP contribution in [0.1, 0.15) is 21.8 Å². The van der Waals surface area contributed by atoms with Gasteiger partial charge in [0.25, 0.3) is 0 Å². The molecule has 7 heteroatoms. The van der Waals surface area contributed by atoms with Crippen LogP contribution in [0.2, 0.25) is 0 Å². The van der Waals surface area contributed by atoms with Gasteiger partial charge in [-0.25, -0.2) is 0 Å². The molecule has 0 saturated carbocycles. The Hall–Kier alpha value is -3.09. The molecule has 0 aromatic heterocycles. The second-order valence-electron chi connectivity index (χ2n) is 5.68. The van der Waals surface area contributed by atoms with E-state index in [1.54, 1.807) is 18.2 Å². The van der Waals surface area contributed by atoms with Crippen molar-refractivity contribution in [2.24, 2.45) is 0 Å². The van der Waals surface area contributed by atoms with E-state index < -0.39 is 5.92 Å². The topological polar surface area (TPSA) is 83.5 Å². The van der Waals surface area contributed by atoms with Gasteiger partial charge in [-0.3, -0.25) is 4.79 Å². The molecule has 0 aliphatic carbocycles. The summed E-state index contributed by atoms with van der Waals surface area (Å²) >= 11 is 0. The Morgan fingerprint density at radius 1 is 0.962 bits per heavy atom. The first-order valence-corrected chi connectivity index (χ1v) is 7.92. The molecule has 1 atom stereocenters. The molecule has 1 unspecified atom stereocenters. The SMILES string of the molecule is COc1ccc(C2COc3cc(OC)c(OC)c(OC)c3C2=O)cc1O. The molecule has 2 aromatic rings. The number of aromatic hydroxyl groups is 1. The lowest BCUT2D eigenvalue weighted by Crippen LogP contribution is -2.26. The number of carbonyl (C=O) groups excluding carboxylic acids is 1. The summed E-state index contributed by atoms with van der Waals surface area (Å²) in [5, 5.41) is 10.0. The summed E-state index contributed by atoms with van der Waals surface area (Å²) in [6, 6.07) is 6.45. The van der Waals surface area contributed by atoms with Crippen LogP contribution in [0.3, 0.4) is 0 Å². The highest BCUT2D eigenvalue weighted by Crippen LogP contribution is 2.48. The van der Waals surface area contributed by atoms with E-state index in [0.717, 1.165) is 0 Å². The van der Waals surface area contributed by atoms with Crippen LogP contribution in [0, 0.1) is 0 Å². The maximum atomic E-state index is 13.2. The van der Waals surface area contributed by atoms with Crippen LogP contribution < -0.4 is 23.7 Å². The molecule has 138 valence electrons. The van der Waals surface area contributed by atoms with Gasteiger partial charge in [0.15, 0.2) is 28.8 Å². The molecule has 0 radical (unpaired) electrons. The second-order valence-corrected chi connectivity index (χ2v) is 5.68. The summed E-state index contributed by atoms with van der Waals surface area (Å²) in [7, 11) is 5.88. The Labute approximate surface area is 151 Å². The Bertz CT molecular complexity index is 844. The number of fused-ring (bicyclic) bond motifs is 1. The normalized spacial score (nSPS) is 15.7. The minimum atomic E-state index is -0.591. The molecule has 0 saturated heterocycles. The van der Waals surface area contributed by atoms with Crippen LogP contribution in [0.4, 0.5) is 0 Å². The number of benzene rings is 2. The van der Waals surface area contributed by atoms with Crippen molar-refractivity contribution >= 4 is 5.78 Å². The first-order chi connectivity index (χ1) is 12.5. The number of ether oxygens (including phenoxy) is 5. The van der Waals surface area contributed by atoms with Crippen molar-refractivity contribution in [1.82, 2.24) is 0 Å². The minimum Gasteiger partial charge on any atom is -0.504 e. The second kappa shape index (κ2) is 7.03. The molecule has 1 heterocycles. The van der Waals surface area contributed by atoms with E-state index in [9.17, 15) is 9.90 Å². The van der Waals surface area contributed by atoms with Crippen molar-refractivity contribution in [1.29, 1.82) is 0 Å². The number of carbonyl (C=O) groups is 1. The minimum absolute atomic E-state index is 0.0390. The van der Waals surface area contributed by atoms with Gasteiger partial charge in [0.1, 0.15) is 17.9 Å². The third-order valence-electron chi connectivity index (χ3n) is 4.37. The van der Waals surface area contributed by atoms with Gasteiger partial charge in [-0.15, -0.1) is 0 Å². The molecular weight excluding hydrogens is 340 g/mol. The van der Waals surface area contributed by atoms with Crippen molar-refractivity contribution in [2.45, 2.75) is 5.92 Å². The van der Waals surface area contributed by atoms with E-state index in [-0.39, 0.29) is 29.5 Å². The number of phenolic OH excluding ortho intramolecular Hbond substituents is 1. The Morgan fingerprint density at radius 3 is 2.23 bits per heavy atom. The van der Waals surface area contributed by atoms with Gasteiger partial charge in [-0.05, 0) is 17.7 Å². The molecule has 1 aliphatic heterocycles. The largest absolute Gasteiger partial charge is 0.504 e. The monoisotopic (exact) mass is 360 g/mol. The standard InChI is InChI=1S/C19H20O7/c1-22-13-6-5-10(7-12(13)20)11-9-26-14-8-15(23-2)18(24-3)19(25-4)16(14)17(11)21/h5-8,11,20H,9H2,1-4H3. The van der Waals surface area contributed by atoms with E-state index in [1.165, 1.54) is 34.5 Å². The van der Waals surface area contributed by atoms with Crippen LogP contribution >= 0.6 is 0 Å². The Morgan fingerprint density at radius 2 is 1.65 bits per heavy atom. The van der Waals surface area contributed by atoms with Crippen LogP contribution in [0.15, 0.2) is 24.3 Å². The zero-order chi connectivity index (χ0) is 18.8. The van der Waals surface area contributed by atoms with Crippen molar-refractivity contribution in [3.8, 4) is 34.5 Å². The van der Waals surface area contributed by atoms with E-state index in [1.807, 2.05) is 0 Å². The fourth-order valence-electron chi connectivity index (χ4n) is 3.08. The first-order valence-electron chi connectivity index (χ1n) is 7.92. The Balaban J connectivity index is 2.09. The molecule has 1 N–H and O–H groups in total. The summed E-state index contributed by atoms with van der Waals surface area (Å²) in [6.45, 7) is 0.135. The van der Waals surface area contributed by atoms with Crippen molar-refractivity contribution in [3.05, 3.63) is 35.4 Å². The predicted molar refractivity (Wildman–Crippen MR) is 93.3 cm³/mol. The van der Waals surface area contributed by atoms with Crippen LogP contribution in [-0.2, 0) is 0 Å². The predicted octanol–water partition coefficient (Wildman–Crippen LogP) is 2.79. The van der Waals surface area contributed by atoms with Gasteiger partial charge in [0, 0.05) is 6.07 Å². The van der Waals surface area contributed by atoms with E-state index in [0.29, 0.717) is 28.6 Å². The number of ketones is 1. The van der Waals surface area contributed by atoms with Crippen LogP contribution in [0.5, 0.6) is 34.5 Å². The van der Waals surface area contributed by atoms with Gasteiger partial charge in [-0.2, -0.15) is 0 Å². The van der Waals surface area contributed by atoms with Gasteiger partial charge in [0.2, 0.25) is 5.75 Å². The maximum Gasteiger partial charge on any atom is 0.204 e. The highest BCUT2D eigenvalue weighted by molar-refractivity contribution is 6.07. The highest BCUT2D eigenvalue weighted by Gasteiger charge is 2.36. The number of hydrogen-bond acceptors (Lipinski definition) is 7. The first kappa shape index (κ1) is 17.7. The smallest absolute Gasteiger partial charge is 0.204 e. The van der Waals surface area contributed by atoms with Crippen LogP contribution in [-0.4, -0.2) is 45.9 Å². The summed E-state index contributed by atoms with van der Waals surface area (Å²) in [5.41, 5.74) is 0.910. The molecule has 26 heavy (non-hydrogen) atoms. The fraction of sp³-hybridized carbons (Fsp3) is 0.316. The van der Waals surface area contributed by atoms with Gasteiger partial charge in [0.05, 0.1) is 34.4 Å². The lowest BCUT2D eigenvalue weighted by molar-refractivity contribution is 0.0890. The van der Waals surface area contributed by atoms with Gasteiger partial charge >= 0.3 is 0 Å². The Kier molecular flexibility index (Phi) is 4.79. The zero-order valence-electron chi connectivity index (χ0n) is 15.0. The molecule has 3 rings (SSSR count). The molecule has 1 aliphatic rings. The summed E-state index contributed by atoms with van der Waals surface area (Å²) in [4.78, 5) is 13.2. The zero-order valence-corrected chi connectivity index (χ0v) is 15.0. The fourth-order valence-corrected chi connectivity index (χ4v) is 3.08. The maximum absolute atomic E-state index is 13.2. The summed E-state index contributed by atoms with van der Waals surface area (Å²) < 4.78 is 26.9. The third kappa shape index (κ3) is 2.75. The molecule has 2 aromatic carbocycles. The lowest BCUT2D eigenvalue weighted by atomic mass is 9.88. The molecule has 0 spiro atoms. The van der Waals surface area contributed by atoms with E-state index >= 15 is 0 Å². The van der Waals surface area contributed by atoms with Crippen molar-refractivity contribution < 1.29 is 33.6 Å². The molecule has 0 amide bonds. The third-order valence-corrected chi connectivity index (χ3v) is 4.37. The number of phenols is 1. The number of hydrogen-bond donors (Lipinski definition) is 1. The quantitative estimate of drug-likeness (QED) is 0.878. The molecule has 0 fully saturated rings. The number of rotatable bonds is 5. The molecule has 0 bridgehead atoms. The molecule has 7 nitrogen and oxygen atoms in total. The number of Topliss-reactive ketones (excluding diaryl/α,β-unsaturated/α-hetero) is 1. The average Bonchev–Trinajstić information content (AvgIpc) is 2.66. The van der Waals surface area contributed by atoms with Gasteiger partial charge < -0.3 is 28.8 Å². The molecular formula is C19H20O7. The average molecular weight is 360 g/mol. The summed E-state index contributed by atoms with van der Waals surface area (Å²) in [6.07, 6.45) is 0. The van der Waals surface area contributed by atoms with Crippen LogP contribution in [0.25, 0.3) is 0 Å². The summed E-state index contributed by atoms with van der Waals surface area (Å²) in [5.74, 6) is 0.887.